The summed E-state index contributed by atoms with van der Waals surface area (Å²) in [5, 5.41) is 5.53. The van der Waals surface area contributed by atoms with Crippen LogP contribution < -0.4 is 21.5 Å². The molecule has 1 heterocycles. The zero-order chi connectivity index (χ0) is 24.8. The van der Waals surface area contributed by atoms with Crippen LogP contribution in [0.5, 0.6) is 0 Å². The van der Waals surface area contributed by atoms with E-state index in [0.717, 1.165) is 36.3 Å². The maximum absolute atomic E-state index is 13.2. The molecular weight excluding hydrogens is 550 g/mol. The summed E-state index contributed by atoms with van der Waals surface area (Å²) in [6.45, 7) is 0.390. The Kier molecular flexibility index (Phi) is 7.11. The number of carbonyl (C=O) groups excluding carboxylic acids is 1. The van der Waals surface area contributed by atoms with Crippen molar-refractivity contribution in [2.24, 2.45) is 0 Å². The Balaban J connectivity index is 0.00000264. The minimum atomic E-state index is 0. The maximum Gasteiger partial charge on any atom is 0.227 e. The highest BCUT2D eigenvalue weighted by Crippen LogP contribution is 2.35. The third-order valence-corrected chi connectivity index (χ3v) is 9.24. The first-order valence-corrected chi connectivity index (χ1v) is 14.5. The minimum absolute atomic E-state index is 0. The number of halogens is 1. The van der Waals surface area contributed by atoms with Gasteiger partial charge >= 0.3 is 0 Å². The molecule has 0 bridgehead atoms. The molecule has 0 atom stereocenters. The standard InChI is InChI=1S/C34H30NOS.BrH/c36-32(30-13-11-25-3-1-4-26-12-14-31(30)34(25)26)21-35-18-15-23(16-19-35)17-20-37-22-28-10-9-27-8-7-24-5-2-6-29(28)33(24)27;/h1-6,9-11,13,15-16,18-19H,7-8,12,14,17,20-22H2;1H/q+1;/p-1. The van der Waals surface area contributed by atoms with Crippen LogP contribution >= 0.6 is 11.8 Å². The predicted octanol–water partition coefficient (Wildman–Crippen LogP) is 3.84. The van der Waals surface area contributed by atoms with E-state index in [2.05, 4.69) is 79.1 Å². The fourth-order valence-corrected chi connectivity index (χ4v) is 7.34. The van der Waals surface area contributed by atoms with Crippen LogP contribution in [0, 0.1) is 0 Å². The minimum Gasteiger partial charge on any atom is -1.00 e. The second-order valence-electron chi connectivity index (χ2n) is 10.4. The number of aromatic nitrogens is 1. The van der Waals surface area contributed by atoms with Crippen molar-refractivity contribution in [3.8, 4) is 0 Å². The zero-order valence-electron chi connectivity index (χ0n) is 21.4. The SMILES string of the molecule is O=C(C[n+]1ccc(CCSCc2ccc3c4c(cccc24)CC3)cc1)c1ccc2cccc3c2c1CC3.[Br-]. The second-order valence-corrected chi connectivity index (χ2v) is 11.5. The molecule has 190 valence electrons. The number of ketones is 1. The highest BCUT2D eigenvalue weighted by atomic mass is 79.9. The number of Topliss-reactive ketones (excluding diaryl/α,β-unsaturated/α-hetero) is 1. The van der Waals surface area contributed by atoms with E-state index in [1.54, 1.807) is 0 Å². The summed E-state index contributed by atoms with van der Waals surface area (Å²) in [6, 6.07) is 26.4. The Hall–Kier alpha value is -2.95. The van der Waals surface area contributed by atoms with Crippen molar-refractivity contribution in [1.82, 2.24) is 0 Å². The van der Waals surface area contributed by atoms with Crippen LogP contribution in [-0.2, 0) is 44.4 Å². The fraction of sp³-hybridized carbons (Fsp3) is 0.235. The van der Waals surface area contributed by atoms with Crippen LogP contribution in [0.2, 0.25) is 0 Å². The molecule has 1 aromatic heterocycles. The number of hydrogen-bond acceptors (Lipinski definition) is 2. The molecule has 5 aromatic rings. The van der Waals surface area contributed by atoms with E-state index in [-0.39, 0.29) is 22.8 Å². The lowest BCUT2D eigenvalue weighted by Gasteiger charge is -2.09. The first-order valence-electron chi connectivity index (χ1n) is 13.4. The van der Waals surface area contributed by atoms with E-state index < -0.39 is 0 Å². The number of aryl methyl sites for hydroxylation is 5. The topological polar surface area (TPSA) is 20.9 Å². The number of thioether (sulfide) groups is 1. The van der Waals surface area contributed by atoms with Crippen molar-refractivity contribution in [1.29, 1.82) is 0 Å². The van der Waals surface area contributed by atoms with Gasteiger partial charge in [-0.3, -0.25) is 4.79 Å². The van der Waals surface area contributed by atoms with E-state index in [1.165, 1.54) is 67.8 Å². The normalized spacial score (nSPS) is 13.3. The molecular formula is C34H30BrNOS. The van der Waals surface area contributed by atoms with E-state index in [1.807, 2.05) is 22.4 Å². The van der Waals surface area contributed by atoms with Gasteiger partial charge in [0.25, 0.3) is 0 Å². The van der Waals surface area contributed by atoms with Crippen molar-refractivity contribution in [3.63, 3.8) is 0 Å². The molecule has 0 amide bonds. The number of pyridine rings is 1. The summed E-state index contributed by atoms with van der Waals surface area (Å²) in [6.07, 6.45) is 9.55. The second kappa shape index (κ2) is 10.7. The summed E-state index contributed by atoms with van der Waals surface area (Å²) in [5.41, 5.74) is 9.34. The zero-order valence-corrected chi connectivity index (χ0v) is 23.8. The van der Waals surface area contributed by atoms with Crippen LogP contribution in [0.25, 0.3) is 21.5 Å². The van der Waals surface area contributed by atoms with Gasteiger partial charge in [0, 0.05) is 23.4 Å². The molecule has 0 saturated carbocycles. The Morgan fingerprint density at radius 2 is 1.50 bits per heavy atom. The smallest absolute Gasteiger partial charge is 0.227 e. The van der Waals surface area contributed by atoms with Crippen LogP contribution in [0.1, 0.15) is 43.7 Å². The van der Waals surface area contributed by atoms with Gasteiger partial charge in [-0.05, 0) is 92.8 Å². The average molecular weight is 581 g/mol. The first-order chi connectivity index (χ1) is 18.2. The van der Waals surface area contributed by atoms with Crippen molar-refractivity contribution >= 4 is 39.1 Å². The third kappa shape index (κ3) is 4.58. The van der Waals surface area contributed by atoms with Gasteiger partial charge < -0.3 is 17.0 Å². The molecule has 4 aromatic carbocycles. The molecule has 0 aliphatic heterocycles. The molecule has 0 N–H and O–H groups in total. The van der Waals surface area contributed by atoms with Crippen LogP contribution in [0.4, 0.5) is 0 Å². The van der Waals surface area contributed by atoms with E-state index in [9.17, 15) is 4.79 Å². The number of hydrogen-bond donors (Lipinski definition) is 0. The molecule has 0 saturated heterocycles. The lowest BCUT2D eigenvalue weighted by molar-refractivity contribution is -0.683. The Labute approximate surface area is 238 Å². The summed E-state index contributed by atoms with van der Waals surface area (Å²) >= 11 is 2.01. The molecule has 7 rings (SSSR count). The summed E-state index contributed by atoms with van der Waals surface area (Å²) in [4.78, 5) is 13.2. The van der Waals surface area contributed by atoms with Gasteiger partial charge in [0.15, 0.2) is 12.4 Å². The van der Waals surface area contributed by atoms with Gasteiger partial charge in [0.05, 0.1) is 0 Å². The van der Waals surface area contributed by atoms with Gasteiger partial charge in [-0.1, -0.05) is 60.7 Å². The predicted molar refractivity (Wildman–Crippen MR) is 154 cm³/mol. The Morgan fingerprint density at radius 1 is 0.763 bits per heavy atom. The summed E-state index contributed by atoms with van der Waals surface area (Å²) in [5.74, 6) is 2.35. The van der Waals surface area contributed by atoms with Crippen molar-refractivity contribution in [2.75, 3.05) is 5.75 Å². The number of carbonyl (C=O) groups is 1. The van der Waals surface area contributed by atoms with Crippen molar-refractivity contribution in [3.05, 3.63) is 124 Å². The quantitative estimate of drug-likeness (QED) is 0.158. The number of nitrogens with zero attached hydrogens (tertiary/aromatic N) is 1. The van der Waals surface area contributed by atoms with Crippen molar-refractivity contribution in [2.45, 2.75) is 44.4 Å². The molecule has 2 nitrogen and oxygen atoms in total. The molecule has 0 unspecified atom stereocenters. The Bertz CT molecular complexity index is 1660. The molecule has 38 heavy (non-hydrogen) atoms. The molecule has 2 aliphatic carbocycles. The molecule has 0 radical (unpaired) electrons. The first kappa shape index (κ1) is 25.3. The summed E-state index contributed by atoms with van der Waals surface area (Å²) < 4.78 is 2.02. The van der Waals surface area contributed by atoms with Gasteiger partial charge in [-0.2, -0.15) is 16.3 Å². The molecule has 2 aliphatic rings. The van der Waals surface area contributed by atoms with E-state index in [4.69, 9.17) is 0 Å². The highest BCUT2D eigenvalue weighted by molar-refractivity contribution is 7.98. The van der Waals surface area contributed by atoms with Gasteiger partial charge in [0.2, 0.25) is 12.3 Å². The lowest BCUT2D eigenvalue weighted by Crippen LogP contribution is -3.00. The number of rotatable bonds is 8. The average Bonchev–Trinajstić information content (AvgIpc) is 3.56. The third-order valence-electron chi connectivity index (χ3n) is 8.23. The van der Waals surface area contributed by atoms with Gasteiger partial charge in [-0.25, -0.2) is 0 Å². The largest absolute Gasteiger partial charge is 1.00 e. The number of benzene rings is 4. The Morgan fingerprint density at radius 3 is 2.34 bits per heavy atom. The van der Waals surface area contributed by atoms with E-state index in [0.29, 0.717) is 6.54 Å². The molecule has 4 heteroatoms. The highest BCUT2D eigenvalue weighted by Gasteiger charge is 2.23. The van der Waals surface area contributed by atoms with Gasteiger partial charge in [0.1, 0.15) is 0 Å². The van der Waals surface area contributed by atoms with Crippen molar-refractivity contribution < 1.29 is 26.3 Å². The fourth-order valence-electron chi connectivity index (χ4n) is 6.34. The maximum atomic E-state index is 13.2. The van der Waals surface area contributed by atoms with E-state index >= 15 is 0 Å². The van der Waals surface area contributed by atoms with Crippen LogP contribution in [0.3, 0.4) is 0 Å². The van der Waals surface area contributed by atoms with Crippen LogP contribution in [-0.4, -0.2) is 11.5 Å². The lowest BCUT2D eigenvalue weighted by atomic mass is 9.97. The molecule has 0 fully saturated rings. The monoisotopic (exact) mass is 579 g/mol. The van der Waals surface area contributed by atoms with Crippen LogP contribution in [0.15, 0.2) is 85.2 Å². The van der Waals surface area contributed by atoms with Gasteiger partial charge in [-0.15, -0.1) is 0 Å². The molecule has 0 spiro atoms. The summed E-state index contributed by atoms with van der Waals surface area (Å²) in [7, 11) is 0.